The second-order valence-electron chi connectivity index (χ2n) is 7.85. The van der Waals surface area contributed by atoms with Gasteiger partial charge in [0.15, 0.2) is 0 Å². The number of hydrogen-bond acceptors (Lipinski definition) is 3. The fourth-order valence-corrected chi connectivity index (χ4v) is 4.80. The molecule has 1 spiro atoms. The Labute approximate surface area is 162 Å². The zero-order chi connectivity index (χ0) is 19.3. The SMILES string of the molecule is COc1ccc2[nH]c3c(c2c1)CCNC31CCN(Cc2ccc(F)cc2F)C1. The summed E-state index contributed by atoms with van der Waals surface area (Å²) in [5.41, 5.74) is 4.09. The lowest BCUT2D eigenvalue weighted by atomic mass is 9.86. The van der Waals surface area contributed by atoms with Crippen molar-refractivity contribution in [3.05, 3.63) is 64.9 Å². The lowest BCUT2D eigenvalue weighted by Gasteiger charge is -2.35. The van der Waals surface area contributed by atoms with Crippen LogP contribution < -0.4 is 10.1 Å². The third-order valence-electron chi connectivity index (χ3n) is 6.19. The van der Waals surface area contributed by atoms with Crippen molar-refractivity contribution in [1.29, 1.82) is 0 Å². The van der Waals surface area contributed by atoms with Crippen molar-refractivity contribution in [1.82, 2.24) is 15.2 Å². The Morgan fingerprint density at radius 2 is 2.07 bits per heavy atom. The van der Waals surface area contributed by atoms with Gasteiger partial charge in [-0.3, -0.25) is 4.90 Å². The van der Waals surface area contributed by atoms with Gasteiger partial charge in [0.25, 0.3) is 0 Å². The highest BCUT2D eigenvalue weighted by Gasteiger charge is 2.44. The summed E-state index contributed by atoms with van der Waals surface area (Å²) < 4.78 is 32.7. The highest BCUT2D eigenvalue weighted by Crippen LogP contribution is 2.40. The molecule has 2 aliphatic rings. The van der Waals surface area contributed by atoms with Crippen molar-refractivity contribution in [2.24, 2.45) is 0 Å². The van der Waals surface area contributed by atoms with Gasteiger partial charge in [-0.05, 0) is 42.7 Å². The second kappa shape index (κ2) is 6.57. The standard InChI is InChI=1S/C22H23F2N3O/c1-28-16-4-5-20-18(11-16)17-6-8-25-22(21(17)26-20)7-9-27(13-22)12-14-2-3-15(23)10-19(14)24/h2-5,10-11,25-26H,6-9,12-13H2,1H3. The third kappa shape index (κ3) is 2.79. The molecule has 0 aliphatic carbocycles. The van der Waals surface area contributed by atoms with E-state index in [9.17, 15) is 8.78 Å². The molecule has 1 fully saturated rings. The summed E-state index contributed by atoms with van der Waals surface area (Å²) in [6.07, 6.45) is 1.92. The first-order valence-corrected chi connectivity index (χ1v) is 9.68. The number of aromatic amines is 1. The van der Waals surface area contributed by atoms with Gasteiger partial charge in [-0.15, -0.1) is 0 Å². The van der Waals surface area contributed by atoms with Gasteiger partial charge in [0.1, 0.15) is 17.4 Å². The van der Waals surface area contributed by atoms with Crippen LogP contribution in [0.3, 0.4) is 0 Å². The number of fused-ring (bicyclic) bond motifs is 4. The molecule has 2 aliphatic heterocycles. The smallest absolute Gasteiger partial charge is 0.130 e. The van der Waals surface area contributed by atoms with Gasteiger partial charge < -0.3 is 15.0 Å². The number of likely N-dealkylation sites (tertiary alicyclic amines) is 1. The number of nitrogens with zero attached hydrogens (tertiary/aromatic N) is 1. The Bertz CT molecular complexity index is 1050. The van der Waals surface area contributed by atoms with E-state index in [2.05, 4.69) is 27.3 Å². The lowest BCUT2D eigenvalue weighted by Crippen LogP contribution is -2.49. The van der Waals surface area contributed by atoms with Crippen LogP contribution >= 0.6 is 0 Å². The van der Waals surface area contributed by atoms with Crippen LogP contribution in [0.4, 0.5) is 8.78 Å². The van der Waals surface area contributed by atoms with Gasteiger partial charge in [0.2, 0.25) is 0 Å². The highest BCUT2D eigenvalue weighted by atomic mass is 19.1. The van der Waals surface area contributed by atoms with Crippen LogP contribution in [0.25, 0.3) is 10.9 Å². The van der Waals surface area contributed by atoms with E-state index >= 15 is 0 Å². The van der Waals surface area contributed by atoms with Crippen LogP contribution in [0.1, 0.15) is 23.2 Å². The van der Waals surface area contributed by atoms with Crippen LogP contribution in [0, 0.1) is 11.6 Å². The third-order valence-corrected chi connectivity index (χ3v) is 6.19. The van der Waals surface area contributed by atoms with Crippen LogP contribution in [-0.2, 0) is 18.5 Å². The number of rotatable bonds is 3. The summed E-state index contributed by atoms with van der Waals surface area (Å²) >= 11 is 0. The monoisotopic (exact) mass is 383 g/mol. The molecule has 2 N–H and O–H groups in total. The van der Waals surface area contributed by atoms with Crippen molar-refractivity contribution in [3.63, 3.8) is 0 Å². The number of aromatic nitrogens is 1. The minimum atomic E-state index is -0.536. The molecule has 0 bridgehead atoms. The Morgan fingerprint density at radius 3 is 2.89 bits per heavy atom. The maximum absolute atomic E-state index is 14.1. The molecule has 1 atom stereocenters. The number of halogens is 2. The molecule has 0 saturated carbocycles. The first-order chi connectivity index (χ1) is 13.6. The molecule has 28 heavy (non-hydrogen) atoms. The van der Waals surface area contributed by atoms with Crippen molar-refractivity contribution in [3.8, 4) is 5.75 Å². The molecule has 6 heteroatoms. The number of benzene rings is 2. The van der Waals surface area contributed by atoms with Crippen molar-refractivity contribution < 1.29 is 13.5 Å². The van der Waals surface area contributed by atoms with Crippen molar-refractivity contribution in [2.75, 3.05) is 26.7 Å². The first-order valence-electron chi connectivity index (χ1n) is 9.68. The molecule has 1 saturated heterocycles. The maximum Gasteiger partial charge on any atom is 0.130 e. The van der Waals surface area contributed by atoms with Gasteiger partial charge >= 0.3 is 0 Å². The van der Waals surface area contributed by atoms with E-state index in [-0.39, 0.29) is 5.54 Å². The zero-order valence-corrected chi connectivity index (χ0v) is 15.8. The summed E-state index contributed by atoms with van der Waals surface area (Å²) in [4.78, 5) is 5.88. The molecule has 5 rings (SSSR count). The fraction of sp³-hybridized carbons (Fsp3) is 0.364. The Morgan fingerprint density at radius 1 is 1.18 bits per heavy atom. The predicted molar refractivity (Wildman–Crippen MR) is 104 cm³/mol. The van der Waals surface area contributed by atoms with E-state index in [1.54, 1.807) is 13.2 Å². The van der Waals surface area contributed by atoms with E-state index in [0.29, 0.717) is 12.1 Å². The Hall–Kier alpha value is -2.44. The van der Waals surface area contributed by atoms with Crippen LogP contribution in [0.15, 0.2) is 36.4 Å². The summed E-state index contributed by atoms with van der Waals surface area (Å²) in [5, 5.41) is 4.94. The van der Waals surface area contributed by atoms with E-state index in [1.807, 2.05) is 6.07 Å². The average molecular weight is 383 g/mol. The fourth-order valence-electron chi connectivity index (χ4n) is 4.80. The number of hydrogen-bond donors (Lipinski definition) is 2. The van der Waals surface area contributed by atoms with E-state index in [1.165, 1.54) is 22.7 Å². The number of nitrogens with one attached hydrogen (secondary N) is 2. The van der Waals surface area contributed by atoms with Crippen molar-refractivity contribution in [2.45, 2.75) is 24.9 Å². The number of H-pyrrole nitrogens is 1. The van der Waals surface area contributed by atoms with Crippen molar-refractivity contribution >= 4 is 10.9 Å². The quantitative estimate of drug-likeness (QED) is 0.725. The minimum absolute atomic E-state index is 0.156. The Kier molecular flexibility index (Phi) is 4.14. The summed E-state index contributed by atoms with van der Waals surface area (Å²) in [6, 6.07) is 9.98. The van der Waals surface area contributed by atoms with E-state index < -0.39 is 11.6 Å². The summed E-state index contributed by atoms with van der Waals surface area (Å²) in [5.74, 6) is -0.149. The van der Waals surface area contributed by atoms with Gasteiger partial charge in [0.05, 0.1) is 12.6 Å². The molecule has 1 aromatic heterocycles. The zero-order valence-electron chi connectivity index (χ0n) is 15.8. The van der Waals surface area contributed by atoms with Crippen LogP contribution in [-0.4, -0.2) is 36.6 Å². The normalized spacial score (nSPS) is 22.1. The molecule has 2 aromatic carbocycles. The average Bonchev–Trinajstić information content (AvgIpc) is 3.27. The lowest BCUT2D eigenvalue weighted by molar-refractivity contribution is 0.263. The molecule has 4 nitrogen and oxygen atoms in total. The Balaban J connectivity index is 1.46. The summed E-state index contributed by atoms with van der Waals surface area (Å²) in [7, 11) is 1.69. The molecular weight excluding hydrogens is 360 g/mol. The molecule has 0 amide bonds. The van der Waals surface area contributed by atoms with Gasteiger partial charge in [0, 0.05) is 54.4 Å². The highest BCUT2D eigenvalue weighted by molar-refractivity contribution is 5.86. The van der Waals surface area contributed by atoms with E-state index in [0.717, 1.165) is 49.8 Å². The van der Waals surface area contributed by atoms with E-state index in [4.69, 9.17) is 4.74 Å². The second-order valence-corrected chi connectivity index (χ2v) is 7.85. The van der Waals surface area contributed by atoms with Crippen LogP contribution in [0.5, 0.6) is 5.75 Å². The molecular formula is C22H23F2N3O. The van der Waals surface area contributed by atoms with Gasteiger partial charge in [-0.1, -0.05) is 6.07 Å². The van der Waals surface area contributed by atoms with Crippen LogP contribution in [0.2, 0.25) is 0 Å². The maximum atomic E-state index is 14.1. The minimum Gasteiger partial charge on any atom is -0.497 e. The molecule has 3 aromatic rings. The van der Waals surface area contributed by atoms with Gasteiger partial charge in [-0.25, -0.2) is 8.78 Å². The topological polar surface area (TPSA) is 40.3 Å². The first kappa shape index (κ1) is 17.6. The molecule has 0 radical (unpaired) electrons. The molecule has 3 heterocycles. The predicted octanol–water partition coefficient (Wildman–Crippen LogP) is 3.70. The number of methoxy groups -OCH3 is 1. The molecule has 1 unspecified atom stereocenters. The van der Waals surface area contributed by atoms with Gasteiger partial charge in [-0.2, -0.15) is 0 Å². The number of ether oxygens (including phenoxy) is 1. The largest absolute Gasteiger partial charge is 0.497 e. The molecule has 146 valence electrons. The summed E-state index contributed by atoms with van der Waals surface area (Å²) in [6.45, 7) is 3.05.